The van der Waals surface area contributed by atoms with E-state index in [0.29, 0.717) is 6.42 Å². The van der Waals surface area contributed by atoms with Crippen LogP contribution < -0.4 is 10.6 Å². The summed E-state index contributed by atoms with van der Waals surface area (Å²) >= 11 is 0. The van der Waals surface area contributed by atoms with Crippen LogP contribution in [-0.4, -0.2) is 35.5 Å². The molecule has 6 heteroatoms. The molecule has 0 spiro atoms. The Hall–Kier alpha value is -1.59. The number of carbonyl (C=O) groups is 3. The molecule has 0 fully saturated rings. The molecule has 0 radical (unpaired) electrons. The van der Waals surface area contributed by atoms with Crippen LogP contribution in [0.5, 0.6) is 0 Å². The number of amides is 2. The van der Waals surface area contributed by atoms with E-state index in [0.717, 1.165) is 0 Å². The van der Waals surface area contributed by atoms with Gasteiger partial charge in [0, 0.05) is 13.5 Å². The quantitative estimate of drug-likeness (QED) is 0.585. The number of nitrogens with one attached hydrogen (secondary N) is 2. The number of carboxylic acid groups (broad SMARTS) is 1. The fraction of sp³-hybridized carbons (Fsp3) is 0.700. The number of carboxylic acids is 1. The van der Waals surface area contributed by atoms with Gasteiger partial charge in [-0.15, -0.1) is 0 Å². The number of hydrogen-bond acceptors (Lipinski definition) is 3. The van der Waals surface area contributed by atoms with Gasteiger partial charge in [-0.05, 0) is 13.3 Å². The van der Waals surface area contributed by atoms with Crippen molar-refractivity contribution in [1.29, 1.82) is 0 Å². The molecule has 0 aliphatic carbocycles. The predicted molar refractivity (Wildman–Crippen MR) is 57.7 cm³/mol. The van der Waals surface area contributed by atoms with Crippen LogP contribution >= 0.6 is 0 Å². The second-order valence-corrected chi connectivity index (χ2v) is 3.74. The molecule has 92 valence electrons. The highest BCUT2D eigenvalue weighted by Crippen LogP contribution is 1.99. The minimum absolute atomic E-state index is 0.276. The Morgan fingerprint density at radius 1 is 1.25 bits per heavy atom. The summed E-state index contributed by atoms with van der Waals surface area (Å²) in [5, 5.41) is 13.6. The predicted octanol–water partition coefficient (Wildman–Crippen LogP) is -0.262. The van der Waals surface area contributed by atoms with E-state index in [9.17, 15) is 14.4 Å². The van der Waals surface area contributed by atoms with E-state index in [1.165, 1.54) is 6.92 Å². The van der Waals surface area contributed by atoms with Crippen LogP contribution in [-0.2, 0) is 14.4 Å². The first-order valence-corrected chi connectivity index (χ1v) is 5.12. The van der Waals surface area contributed by atoms with E-state index in [4.69, 9.17) is 5.11 Å². The molecule has 0 aromatic carbocycles. The van der Waals surface area contributed by atoms with E-state index in [1.54, 1.807) is 13.8 Å². The lowest BCUT2D eigenvalue weighted by Gasteiger charge is -2.13. The Kier molecular flexibility index (Phi) is 6.14. The van der Waals surface area contributed by atoms with Crippen molar-refractivity contribution in [3.8, 4) is 0 Å². The summed E-state index contributed by atoms with van der Waals surface area (Å²) in [5.41, 5.74) is 0. The largest absolute Gasteiger partial charge is 0.481 e. The average Bonchev–Trinajstić information content (AvgIpc) is 2.15. The van der Waals surface area contributed by atoms with Crippen LogP contribution in [0.3, 0.4) is 0 Å². The van der Waals surface area contributed by atoms with Gasteiger partial charge in [0.05, 0.1) is 5.92 Å². The summed E-state index contributed by atoms with van der Waals surface area (Å²) in [7, 11) is 0. The highest BCUT2D eigenvalue weighted by atomic mass is 16.4. The number of carbonyl (C=O) groups excluding carboxylic acids is 2. The highest BCUT2D eigenvalue weighted by Gasteiger charge is 2.14. The Balaban J connectivity index is 3.81. The van der Waals surface area contributed by atoms with Crippen LogP contribution in [0, 0.1) is 5.92 Å². The third-order valence-corrected chi connectivity index (χ3v) is 2.11. The summed E-state index contributed by atoms with van der Waals surface area (Å²) in [6.45, 7) is 4.76. The van der Waals surface area contributed by atoms with E-state index in [2.05, 4.69) is 10.6 Å². The summed E-state index contributed by atoms with van der Waals surface area (Å²) in [5.74, 6) is -1.96. The maximum absolute atomic E-state index is 11.4. The van der Waals surface area contributed by atoms with Gasteiger partial charge in [-0.1, -0.05) is 6.92 Å². The number of rotatable bonds is 6. The molecule has 0 saturated carbocycles. The van der Waals surface area contributed by atoms with Crippen molar-refractivity contribution in [3.05, 3.63) is 0 Å². The molecule has 0 aromatic rings. The van der Waals surface area contributed by atoms with Gasteiger partial charge in [0.15, 0.2) is 0 Å². The molecule has 3 N–H and O–H groups in total. The fourth-order valence-electron chi connectivity index (χ4n) is 1.06. The average molecular weight is 230 g/mol. The van der Waals surface area contributed by atoms with Gasteiger partial charge < -0.3 is 15.7 Å². The lowest BCUT2D eigenvalue weighted by molar-refractivity contribution is -0.141. The monoisotopic (exact) mass is 230 g/mol. The van der Waals surface area contributed by atoms with Gasteiger partial charge in [-0.25, -0.2) is 0 Å². The third kappa shape index (κ3) is 6.00. The molecular weight excluding hydrogens is 212 g/mol. The van der Waals surface area contributed by atoms with Crippen molar-refractivity contribution in [1.82, 2.24) is 10.6 Å². The molecular formula is C10H18N2O4. The van der Waals surface area contributed by atoms with E-state index in [-0.39, 0.29) is 18.4 Å². The molecule has 2 atom stereocenters. The first-order chi connectivity index (χ1) is 7.34. The van der Waals surface area contributed by atoms with Crippen molar-refractivity contribution >= 4 is 17.8 Å². The van der Waals surface area contributed by atoms with E-state index in [1.807, 2.05) is 0 Å². The SMILES string of the molecule is CC(=O)NC(C)C(=O)NCCC(C)C(=O)O. The standard InChI is InChI=1S/C10H18N2O4/c1-6(10(15)16)4-5-11-9(14)7(2)12-8(3)13/h6-7H,4-5H2,1-3H3,(H,11,14)(H,12,13)(H,15,16). The second kappa shape index (κ2) is 6.81. The van der Waals surface area contributed by atoms with Crippen LogP contribution in [0.2, 0.25) is 0 Å². The van der Waals surface area contributed by atoms with Crippen LogP contribution in [0.15, 0.2) is 0 Å². The number of hydrogen-bond donors (Lipinski definition) is 3. The molecule has 6 nitrogen and oxygen atoms in total. The molecule has 2 unspecified atom stereocenters. The minimum atomic E-state index is -0.885. The van der Waals surface area contributed by atoms with E-state index >= 15 is 0 Å². The third-order valence-electron chi connectivity index (χ3n) is 2.11. The fourth-order valence-corrected chi connectivity index (χ4v) is 1.06. The Labute approximate surface area is 94.4 Å². The molecule has 0 aliphatic rings. The van der Waals surface area contributed by atoms with Crippen LogP contribution in [0.25, 0.3) is 0 Å². The minimum Gasteiger partial charge on any atom is -0.481 e. The van der Waals surface area contributed by atoms with Gasteiger partial charge in [-0.3, -0.25) is 14.4 Å². The van der Waals surface area contributed by atoms with Gasteiger partial charge in [0.25, 0.3) is 0 Å². The molecule has 16 heavy (non-hydrogen) atoms. The summed E-state index contributed by atoms with van der Waals surface area (Å²) in [4.78, 5) is 32.5. The van der Waals surface area contributed by atoms with Gasteiger partial charge in [0.1, 0.15) is 6.04 Å². The smallest absolute Gasteiger partial charge is 0.306 e. The van der Waals surface area contributed by atoms with Gasteiger partial charge >= 0.3 is 5.97 Å². The Bertz CT molecular complexity index is 278. The number of aliphatic carboxylic acids is 1. The second-order valence-electron chi connectivity index (χ2n) is 3.74. The first kappa shape index (κ1) is 14.4. The Morgan fingerprint density at radius 2 is 1.81 bits per heavy atom. The van der Waals surface area contributed by atoms with Crippen molar-refractivity contribution in [2.24, 2.45) is 5.92 Å². The zero-order valence-corrected chi connectivity index (χ0v) is 9.74. The van der Waals surface area contributed by atoms with Crippen molar-refractivity contribution in [3.63, 3.8) is 0 Å². The summed E-state index contributed by atoms with van der Waals surface area (Å²) in [6, 6.07) is -0.599. The van der Waals surface area contributed by atoms with Gasteiger partial charge in [0.2, 0.25) is 11.8 Å². The maximum atomic E-state index is 11.4. The van der Waals surface area contributed by atoms with Gasteiger partial charge in [-0.2, -0.15) is 0 Å². The summed E-state index contributed by atoms with van der Waals surface area (Å²) in [6.07, 6.45) is 0.369. The normalized spacial score (nSPS) is 13.7. The molecule has 0 rings (SSSR count). The molecule has 0 aliphatic heterocycles. The zero-order valence-electron chi connectivity index (χ0n) is 9.74. The molecule has 0 aromatic heterocycles. The van der Waals surface area contributed by atoms with Crippen molar-refractivity contribution in [2.75, 3.05) is 6.54 Å². The zero-order chi connectivity index (χ0) is 12.7. The van der Waals surface area contributed by atoms with Crippen LogP contribution in [0.1, 0.15) is 27.2 Å². The molecule has 2 amide bonds. The van der Waals surface area contributed by atoms with E-state index < -0.39 is 17.9 Å². The maximum Gasteiger partial charge on any atom is 0.306 e. The molecule has 0 bridgehead atoms. The summed E-state index contributed by atoms with van der Waals surface area (Å²) < 4.78 is 0. The first-order valence-electron chi connectivity index (χ1n) is 5.12. The Morgan fingerprint density at radius 3 is 2.25 bits per heavy atom. The van der Waals surface area contributed by atoms with Crippen LogP contribution in [0.4, 0.5) is 0 Å². The topological polar surface area (TPSA) is 95.5 Å². The molecule has 0 saturated heterocycles. The van der Waals surface area contributed by atoms with Crippen molar-refractivity contribution < 1.29 is 19.5 Å². The lowest BCUT2D eigenvalue weighted by Crippen LogP contribution is -2.44. The lowest BCUT2D eigenvalue weighted by atomic mass is 10.1. The highest BCUT2D eigenvalue weighted by molar-refractivity contribution is 5.86. The molecule has 0 heterocycles. The van der Waals surface area contributed by atoms with Crippen molar-refractivity contribution in [2.45, 2.75) is 33.2 Å².